The number of hydrogen-bond donors (Lipinski definition) is 2. The molecule has 1 heterocycles. The third kappa shape index (κ3) is 2.75. The third-order valence-electron chi connectivity index (χ3n) is 3.56. The Morgan fingerprint density at radius 3 is 3.00 bits per heavy atom. The zero-order valence-corrected chi connectivity index (χ0v) is 12.0. The van der Waals surface area contributed by atoms with Crippen LogP contribution in [0.15, 0.2) is 15.5 Å². The summed E-state index contributed by atoms with van der Waals surface area (Å²) in [5.41, 5.74) is 0.555. The molecular weight excluding hydrogens is 298 g/mol. The Labute approximate surface area is 114 Å². The highest BCUT2D eigenvalue weighted by Gasteiger charge is 2.25. The van der Waals surface area contributed by atoms with E-state index in [-0.39, 0.29) is 24.1 Å². The summed E-state index contributed by atoms with van der Waals surface area (Å²) < 4.78 is 1.79. The van der Waals surface area contributed by atoms with E-state index in [1.54, 1.807) is 13.2 Å². The van der Waals surface area contributed by atoms with E-state index < -0.39 is 0 Å². The van der Waals surface area contributed by atoms with Crippen molar-refractivity contribution in [1.29, 1.82) is 0 Å². The average Bonchev–Trinajstić information content (AvgIpc) is 2.40. The van der Waals surface area contributed by atoms with Gasteiger partial charge in [-0.3, -0.25) is 4.79 Å². The number of aliphatic hydroxyl groups is 1. The molecule has 0 aliphatic heterocycles. The smallest absolute Gasteiger partial charge is 0.282 e. The van der Waals surface area contributed by atoms with Gasteiger partial charge in [0.1, 0.15) is 4.47 Å². The van der Waals surface area contributed by atoms with Crippen molar-refractivity contribution >= 4 is 21.6 Å². The second-order valence-corrected chi connectivity index (χ2v) is 5.57. The van der Waals surface area contributed by atoms with Gasteiger partial charge < -0.3 is 10.4 Å². The van der Waals surface area contributed by atoms with Crippen LogP contribution in [0.2, 0.25) is 0 Å². The van der Waals surface area contributed by atoms with Crippen molar-refractivity contribution in [2.45, 2.75) is 31.7 Å². The highest BCUT2D eigenvalue weighted by molar-refractivity contribution is 9.10. The van der Waals surface area contributed by atoms with E-state index in [0.717, 1.165) is 19.3 Å². The minimum atomic E-state index is -0.156. The number of nitrogens with one attached hydrogen (secondary N) is 1. The Hall–Kier alpha value is -0.880. The van der Waals surface area contributed by atoms with Crippen LogP contribution < -0.4 is 10.9 Å². The first-order valence-electron chi connectivity index (χ1n) is 6.22. The van der Waals surface area contributed by atoms with Gasteiger partial charge in [-0.25, -0.2) is 4.68 Å². The zero-order chi connectivity index (χ0) is 13.1. The minimum absolute atomic E-state index is 0.156. The summed E-state index contributed by atoms with van der Waals surface area (Å²) in [5.74, 6) is 0.259. The summed E-state index contributed by atoms with van der Waals surface area (Å²) in [6.45, 7) is 0.188. The molecule has 0 spiro atoms. The van der Waals surface area contributed by atoms with Crippen LogP contribution in [-0.4, -0.2) is 27.5 Å². The van der Waals surface area contributed by atoms with Crippen LogP contribution in [-0.2, 0) is 7.05 Å². The maximum Gasteiger partial charge on any atom is 0.282 e. The van der Waals surface area contributed by atoms with Crippen molar-refractivity contribution in [1.82, 2.24) is 9.78 Å². The van der Waals surface area contributed by atoms with Gasteiger partial charge in [-0.05, 0) is 28.8 Å². The Morgan fingerprint density at radius 1 is 1.56 bits per heavy atom. The van der Waals surface area contributed by atoms with Gasteiger partial charge in [0.25, 0.3) is 5.56 Å². The van der Waals surface area contributed by atoms with E-state index in [2.05, 4.69) is 26.3 Å². The molecule has 2 rings (SSSR count). The lowest BCUT2D eigenvalue weighted by Gasteiger charge is -2.31. The number of aryl methyl sites for hydroxylation is 1. The van der Waals surface area contributed by atoms with Crippen molar-refractivity contribution in [2.24, 2.45) is 13.0 Å². The summed E-state index contributed by atoms with van der Waals surface area (Å²) in [7, 11) is 1.62. The van der Waals surface area contributed by atoms with E-state index in [1.165, 1.54) is 11.1 Å². The molecule has 0 bridgehead atoms. The first-order chi connectivity index (χ1) is 8.63. The first-order valence-corrected chi connectivity index (χ1v) is 7.02. The molecule has 1 aromatic rings. The van der Waals surface area contributed by atoms with E-state index >= 15 is 0 Å². The predicted octanol–water partition coefficient (Wildman–Crippen LogP) is 1.51. The lowest BCUT2D eigenvalue weighted by molar-refractivity contribution is 0.178. The van der Waals surface area contributed by atoms with Crippen LogP contribution >= 0.6 is 15.9 Å². The number of anilines is 1. The molecule has 2 atom stereocenters. The largest absolute Gasteiger partial charge is 0.396 e. The molecule has 1 aliphatic rings. The molecule has 1 aromatic heterocycles. The fourth-order valence-electron chi connectivity index (χ4n) is 2.43. The van der Waals surface area contributed by atoms with Gasteiger partial charge >= 0.3 is 0 Å². The maximum atomic E-state index is 11.7. The minimum Gasteiger partial charge on any atom is -0.396 e. The van der Waals surface area contributed by atoms with Gasteiger partial charge in [-0.2, -0.15) is 5.10 Å². The molecule has 6 heteroatoms. The summed E-state index contributed by atoms with van der Waals surface area (Å²) in [6.07, 6.45) is 6.02. The number of nitrogens with zero attached hydrogens (tertiary/aromatic N) is 2. The monoisotopic (exact) mass is 315 g/mol. The quantitative estimate of drug-likeness (QED) is 0.887. The summed E-state index contributed by atoms with van der Waals surface area (Å²) >= 11 is 3.30. The average molecular weight is 316 g/mol. The fourth-order valence-corrected chi connectivity index (χ4v) is 2.90. The van der Waals surface area contributed by atoms with Gasteiger partial charge in [0.2, 0.25) is 0 Å². The van der Waals surface area contributed by atoms with Gasteiger partial charge in [-0.15, -0.1) is 0 Å². The second-order valence-electron chi connectivity index (χ2n) is 4.78. The van der Waals surface area contributed by atoms with Gasteiger partial charge in [0, 0.05) is 25.6 Å². The van der Waals surface area contributed by atoms with Gasteiger partial charge in [0.05, 0.1) is 11.9 Å². The van der Waals surface area contributed by atoms with E-state index in [9.17, 15) is 9.90 Å². The zero-order valence-electron chi connectivity index (χ0n) is 10.4. The molecule has 100 valence electrons. The van der Waals surface area contributed by atoms with Crippen LogP contribution in [0, 0.1) is 5.92 Å². The lowest BCUT2D eigenvalue weighted by Crippen LogP contribution is -2.35. The van der Waals surface area contributed by atoms with Crippen LogP contribution in [0.4, 0.5) is 5.69 Å². The molecule has 0 unspecified atom stereocenters. The fraction of sp³-hybridized carbons (Fsp3) is 0.667. The highest BCUT2D eigenvalue weighted by atomic mass is 79.9. The number of halogens is 1. The molecule has 0 saturated heterocycles. The first kappa shape index (κ1) is 13.5. The molecule has 1 saturated carbocycles. The van der Waals surface area contributed by atoms with Gasteiger partial charge in [-0.1, -0.05) is 12.8 Å². The van der Waals surface area contributed by atoms with Crippen molar-refractivity contribution < 1.29 is 5.11 Å². The van der Waals surface area contributed by atoms with Crippen LogP contribution in [0.25, 0.3) is 0 Å². The normalized spacial score (nSPS) is 23.9. The lowest BCUT2D eigenvalue weighted by atomic mass is 9.85. The topological polar surface area (TPSA) is 67.2 Å². The highest BCUT2D eigenvalue weighted by Crippen LogP contribution is 2.28. The molecular formula is C12H18BrN3O2. The summed E-state index contributed by atoms with van der Waals surface area (Å²) in [4.78, 5) is 11.7. The van der Waals surface area contributed by atoms with Crippen molar-refractivity contribution in [3.8, 4) is 0 Å². The van der Waals surface area contributed by atoms with E-state index in [4.69, 9.17) is 0 Å². The van der Waals surface area contributed by atoms with Crippen molar-refractivity contribution in [3.05, 3.63) is 21.0 Å². The Kier molecular flexibility index (Phi) is 4.40. The number of aromatic nitrogens is 2. The summed E-state index contributed by atoms with van der Waals surface area (Å²) in [6, 6.07) is 0.217. The van der Waals surface area contributed by atoms with E-state index in [0.29, 0.717) is 10.2 Å². The predicted molar refractivity (Wildman–Crippen MR) is 73.6 cm³/mol. The maximum absolute atomic E-state index is 11.7. The molecule has 18 heavy (non-hydrogen) atoms. The number of aliphatic hydroxyl groups excluding tert-OH is 1. The Balaban J connectivity index is 2.18. The Bertz CT molecular complexity index is 475. The number of rotatable bonds is 3. The van der Waals surface area contributed by atoms with Crippen LogP contribution in [0.5, 0.6) is 0 Å². The molecule has 1 fully saturated rings. The number of hydrogen-bond acceptors (Lipinski definition) is 4. The molecule has 2 N–H and O–H groups in total. The molecule has 5 nitrogen and oxygen atoms in total. The molecule has 1 aliphatic carbocycles. The van der Waals surface area contributed by atoms with Crippen molar-refractivity contribution in [3.63, 3.8) is 0 Å². The Morgan fingerprint density at radius 2 is 2.28 bits per heavy atom. The summed E-state index contributed by atoms with van der Waals surface area (Å²) in [5, 5.41) is 16.7. The van der Waals surface area contributed by atoms with Crippen molar-refractivity contribution in [2.75, 3.05) is 11.9 Å². The third-order valence-corrected chi connectivity index (χ3v) is 4.33. The molecule has 0 radical (unpaired) electrons. The standard InChI is InChI=1S/C12H18BrN3O2/c1-16-12(18)11(13)10(6-14-16)15-9-5-3-2-4-8(9)7-17/h6,8-9,15,17H,2-5,7H2,1H3/t8-,9+/m1/s1. The second kappa shape index (κ2) is 5.84. The molecule has 0 amide bonds. The van der Waals surface area contributed by atoms with E-state index in [1.807, 2.05) is 0 Å². The van der Waals surface area contributed by atoms with Crippen LogP contribution in [0.3, 0.4) is 0 Å². The molecule has 0 aromatic carbocycles. The van der Waals surface area contributed by atoms with Crippen LogP contribution in [0.1, 0.15) is 25.7 Å². The SMILES string of the molecule is Cn1ncc(N[C@H]2CCCC[C@@H]2CO)c(Br)c1=O. The van der Waals surface area contributed by atoms with Gasteiger partial charge in [0.15, 0.2) is 0 Å².